The topological polar surface area (TPSA) is 73.1 Å². The Labute approximate surface area is 250 Å². The van der Waals surface area contributed by atoms with Gasteiger partial charge in [-0.25, -0.2) is 14.6 Å². The highest BCUT2D eigenvalue weighted by Gasteiger charge is 2.28. The van der Waals surface area contributed by atoms with Crippen molar-refractivity contribution in [2.75, 3.05) is 19.6 Å². The summed E-state index contributed by atoms with van der Waals surface area (Å²) in [5, 5.41) is 5.94. The third-order valence-corrected chi connectivity index (χ3v) is 8.16. The number of aromatic nitrogens is 4. The van der Waals surface area contributed by atoms with Crippen LogP contribution in [0.5, 0.6) is 0 Å². The minimum absolute atomic E-state index is 0.0399. The van der Waals surface area contributed by atoms with Gasteiger partial charge in [-0.2, -0.15) is 5.10 Å². The Morgan fingerprint density at radius 1 is 1.05 bits per heavy atom. The van der Waals surface area contributed by atoms with Gasteiger partial charge < -0.3 is 9.64 Å². The van der Waals surface area contributed by atoms with Crippen LogP contribution in [-0.2, 0) is 28.8 Å². The van der Waals surface area contributed by atoms with Crippen LogP contribution in [-0.4, -0.2) is 55.9 Å². The molecule has 2 unspecified atom stereocenters. The molecule has 0 aliphatic carbocycles. The number of hydrogen-bond acceptors (Lipinski definition) is 6. The molecule has 2 atom stereocenters. The highest BCUT2D eigenvalue weighted by molar-refractivity contribution is 5.74. The monoisotopic (exact) mass is 567 g/mol. The summed E-state index contributed by atoms with van der Waals surface area (Å²) in [6.45, 7) is 13.0. The van der Waals surface area contributed by atoms with Crippen LogP contribution in [0.1, 0.15) is 82.4 Å². The molecule has 1 aliphatic rings. The van der Waals surface area contributed by atoms with Crippen LogP contribution in [0.15, 0.2) is 60.8 Å². The van der Waals surface area contributed by atoms with E-state index in [2.05, 4.69) is 76.9 Å². The SMILES string of the molecule is CCc1cc(CC)n(-c2cccc(C(CC(=O)OC(C)(C)C)CN3CCC(CCc4ccc5cccnc5n4)C3)c2)n1. The van der Waals surface area contributed by atoms with Gasteiger partial charge in [-0.1, -0.05) is 26.0 Å². The van der Waals surface area contributed by atoms with E-state index in [1.807, 2.05) is 26.8 Å². The Morgan fingerprint density at radius 2 is 1.90 bits per heavy atom. The molecule has 5 rings (SSSR count). The lowest BCUT2D eigenvalue weighted by molar-refractivity contribution is -0.155. The van der Waals surface area contributed by atoms with Crippen LogP contribution in [0.25, 0.3) is 16.7 Å². The molecule has 42 heavy (non-hydrogen) atoms. The lowest BCUT2D eigenvalue weighted by Gasteiger charge is -2.26. The largest absolute Gasteiger partial charge is 0.460 e. The number of likely N-dealkylation sites (tertiary alicyclic amines) is 1. The average Bonchev–Trinajstić information content (AvgIpc) is 3.61. The minimum atomic E-state index is -0.504. The molecule has 1 fully saturated rings. The first-order valence-electron chi connectivity index (χ1n) is 15.5. The fraction of sp³-hybridized carbons (Fsp3) is 0.486. The summed E-state index contributed by atoms with van der Waals surface area (Å²) >= 11 is 0. The number of fused-ring (bicyclic) bond motifs is 1. The summed E-state index contributed by atoms with van der Waals surface area (Å²) in [6, 6.07) is 19.0. The van der Waals surface area contributed by atoms with E-state index in [1.54, 1.807) is 6.20 Å². The van der Waals surface area contributed by atoms with Gasteiger partial charge in [0.1, 0.15) is 5.60 Å². The predicted octanol–water partition coefficient (Wildman–Crippen LogP) is 6.71. The molecule has 222 valence electrons. The molecule has 1 aliphatic heterocycles. The Balaban J connectivity index is 1.29. The third-order valence-electron chi connectivity index (χ3n) is 8.16. The third kappa shape index (κ3) is 7.62. The molecule has 0 spiro atoms. The van der Waals surface area contributed by atoms with Crippen molar-refractivity contribution in [3.8, 4) is 5.69 Å². The summed E-state index contributed by atoms with van der Waals surface area (Å²) in [5.74, 6) is 0.507. The number of ether oxygens (including phenoxy) is 1. The first kappa shape index (κ1) is 29.9. The smallest absolute Gasteiger partial charge is 0.306 e. The van der Waals surface area contributed by atoms with Crippen molar-refractivity contribution in [3.63, 3.8) is 0 Å². The molecule has 0 amide bonds. The van der Waals surface area contributed by atoms with Crippen molar-refractivity contribution in [1.29, 1.82) is 0 Å². The van der Waals surface area contributed by atoms with Crippen LogP contribution < -0.4 is 0 Å². The van der Waals surface area contributed by atoms with Crippen LogP contribution in [0, 0.1) is 5.92 Å². The Bertz CT molecular complexity index is 1500. The number of carbonyl (C=O) groups is 1. The maximum Gasteiger partial charge on any atom is 0.306 e. The van der Waals surface area contributed by atoms with Gasteiger partial charge in [0, 0.05) is 42.0 Å². The van der Waals surface area contributed by atoms with E-state index in [4.69, 9.17) is 14.8 Å². The van der Waals surface area contributed by atoms with Crippen molar-refractivity contribution in [2.45, 2.75) is 84.7 Å². The molecule has 4 heterocycles. The average molecular weight is 568 g/mol. The molecule has 0 N–H and O–H groups in total. The maximum atomic E-state index is 13.1. The van der Waals surface area contributed by atoms with Crippen LogP contribution in [0.4, 0.5) is 0 Å². The number of pyridine rings is 2. The Kier molecular flexibility index (Phi) is 9.37. The van der Waals surface area contributed by atoms with Crippen molar-refractivity contribution in [2.24, 2.45) is 5.92 Å². The second kappa shape index (κ2) is 13.2. The molecule has 7 nitrogen and oxygen atoms in total. The first-order chi connectivity index (χ1) is 20.2. The number of rotatable bonds is 11. The van der Waals surface area contributed by atoms with E-state index in [-0.39, 0.29) is 11.9 Å². The van der Waals surface area contributed by atoms with Crippen molar-refractivity contribution in [3.05, 3.63) is 83.4 Å². The van der Waals surface area contributed by atoms with Gasteiger partial charge in [0.15, 0.2) is 5.65 Å². The van der Waals surface area contributed by atoms with Crippen LogP contribution >= 0.6 is 0 Å². The van der Waals surface area contributed by atoms with E-state index in [0.29, 0.717) is 12.3 Å². The van der Waals surface area contributed by atoms with E-state index >= 15 is 0 Å². The summed E-state index contributed by atoms with van der Waals surface area (Å²) in [5.41, 5.74) is 5.93. The quantitative estimate of drug-likeness (QED) is 0.188. The number of nitrogens with zero attached hydrogens (tertiary/aromatic N) is 5. The summed E-state index contributed by atoms with van der Waals surface area (Å²) in [4.78, 5) is 24.8. The summed E-state index contributed by atoms with van der Waals surface area (Å²) < 4.78 is 7.84. The predicted molar refractivity (Wildman–Crippen MR) is 168 cm³/mol. The van der Waals surface area contributed by atoms with Gasteiger partial charge in [0.25, 0.3) is 0 Å². The van der Waals surface area contributed by atoms with E-state index < -0.39 is 5.60 Å². The van der Waals surface area contributed by atoms with E-state index in [0.717, 1.165) is 85.4 Å². The van der Waals surface area contributed by atoms with Crippen LogP contribution in [0.3, 0.4) is 0 Å². The van der Waals surface area contributed by atoms with E-state index in [9.17, 15) is 4.79 Å². The Hall–Kier alpha value is -3.58. The molecular weight excluding hydrogens is 522 g/mol. The molecule has 7 heteroatoms. The zero-order valence-corrected chi connectivity index (χ0v) is 25.8. The van der Waals surface area contributed by atoms with Gasteiger partial charge >= 0.3 is 5.97 Å². The number of carbonyl (C=O) groups excluding carboxylic acids is 1. The molecule has 0 bridgehead atoms. The molecule has 0 saturated carbocycles. The van der Waals surface area contributed by atoms with Gasteiger partial charge in [-0.3, -0.25) is 4.79 Å². The van der Waals surface area contributed by atoms with Gasteiger partial charge in [-0.15, -0.1) is 0 Å². The Morgan fingerprint density at radius 3 is 2.69 bits per heavy atom. The van der Waals surface area contributed by atoms with Crippen molar-refractivity contribution < 1.29 is 9.53 Å². The van der Waals surface area contributed by atoms with Crippen molar-refractivity contribution >= 4 is 17.0 Å². The highest BCUT2D eigenvalue weighted by Crippen LogP contribution is 2.29. The molecule has 0 radical (unpaired) electrons. The molecule has 3 aromatic heterocycles. The lowest BCUT2D eigenvalue weighted by atomic mass is 9.94. The first-order valence-corrected chi connectivity index (χ1v) is 15.5. The van der Waals surface area contributed by atoms with Crippen LogP contribution in [0.2, 0.25) is 0 Å². The van der Waals surface area contributed by atoms with Crippen molar-refractivity contribution in [1.82, 2.24) is 24.6 Å². The molecule has 1 saturated heterocycles. The summed E-state index contributed by atoms with van der Waals surface area (Å²) in [6.07, 6.45) is 7.21. The number of aryl methyl sites for hydroxylation is 3. The zero-order chi connectivity index (χ0) is 29.7. The molecular formula is C35H45N5O2. The maximum absolute atomic E-state index is 13.1. The second-order valence-corrected chi connectivity index (χ2v) is 12.6. The standard InChI is InChI=1S/C35H45N5O2/c1-6-29-22-31(7-2)40(38-29)32-12-8-10-27(20-32)28(21-33(41)42-35(3,4)5)24-39-19-17-25(23-39)13-15-30-16-14-26-11-9-18-36-34(26)37-30/h8-12,14,16,18,20,22,25,28H,6-7,13,15,17,19,21,23-24H2,1-5H3. The number of hydrogen-bond donors (Lipinski definition) is 0. The van der Waals surface area contributed by atoms with Gasteiger partial charge in [0.05, 0.1) is 17.8 Å². The lowest BCUT2D eigenvalue weighted by Crippen LogP contribution is -2.30. The second-order valence-electron chi connectivity index (χ2n) is 12.6. The molecule has 1 aromatic carbocycles. The number of benzene rings is 1. The van der Waals surface area contributed by atoms with E-state index in [1.165, 1.54) is 5.69 Å². The fourth-order valence-electron chi connectivity index (χ4n) is 6.02. The fourth-order valence-corrected chi connectivity index (χ4v) is 6.02. The molecule has 4 aromatic rings. The zero-order valence-electron chi connectivity index (χ0n) is 25.8. The van der Waals surface area contributed by atoms with Gasteiger partial charge in [0.2, 0.25) is 0 Å². The summed E-state index contributed by atoms with van der Waals surface area (Å²) in [7, 11) is 0. The number of esters is 1. The highest BCUT2D eigenvalue weighted by atomic mass is 16.6. The minimum Gasteiger partial charge on any atom is -0.460 e. The van der Waals surface area contributed by atoms with Gasteiger partial charge in [-0.05, 0) is 113 Å². The normalized spacial score (nSPS) is 16.6.